The Labute approximate surface area is 427 Å². The highest BCUT2D eigenvalue weighted by molar-refractivity contribution is 5.97. The minimum Gasteiger partial charge on any atom is -0.507 e. The quantitative estimate of drug-likeness (QED) is 0.165. The molecule has 0 bridgehead atoms. The van der Waals surface area contributed by atoms with Crippen LogP contribution in [-0.2, 0) is 16.2 Å². The minimum atomic E-state index is -4.31. The number of pyridine rings is 1. The third-order valence-corrected chi connectivity index (χ3v) is 11.5. The summed E-state index contributed by atoms with van der Waals surface area (Å²) in [7, 11) is 0. The van der Waals surface area contributed by atoms with E-state index < -0.39 is 140 Å². The van der Waals surface area contributed by atoms with Crippen LogP contribution in [0.2, 0.25) is 0 Å². The Kier molecular flexibility index (Phi) is 5.81. The van der Waals surface area contributed by atoms with Crippen LogP contribution in [0.25, 0.3) is 72.7 Å². The number of benzene rings is 6. The number of aromatic nitrogens is 3. The molecule has 0 aliphatic heterocycles. The second-order valence-electron chi connectivity index (χ2n) is 17.9. The molecule has 0 aliphatic carbocycles. The molecule has 8 rings (SSSR count). The Bertz CT molecular complexity index is 4120. The molecule has 332 valence electrons. The number of hydrogen-bond acceptors (Lipinski definition) is 3. The summed E-state index contributed by atoms with van der Waals surface area (Å²) in [6, 6.07) is 19.7. The first-order valence-corrected chi connectivity index (χ1v) is 20.9. The van der Waals surface area contributed by atoms with Gasteiger partial charge in [0.05, 0.1) is 34.8 Å². The van der Waals surface area contributed by atoms with Gasteiger partial charge < -0.3 is 5.11 Å². The molecule has 0 unspecified atom stereocenters. The maximum absolute atomic E-state index is 13.1. The highest BCUT2D eigenvalue weighted by Gasteiger charge is 2.29. The van der Waals surface area contributed by atoms with Crippen LogP contribution in [0.15, 0.2) is 133 Å². The molecule has 2 aromatic heterocycles. The molecule has 0 saturated carbocycles. The molecule has 65 heavy (non-hydrogen) atoms. The molecular weight excluding hydrogens is 791 g/mol. The number of phenolic OH excluding ortho intramolecular Hbond substituents is 1. The predicted octanol–water partition coefficient (Wildman–Crippen LogP) is 16.9. The average Bonchev–Trinajstić information content (AvgIpc) is 1.14. The number of para-hydroxylation sites is 1. The summed E-state index contributed by atoms with van der Waals surface area (Å²) in [4.78, 5) is 9.64. The number of phenols is 1. The molecule has 0 amide bonds. The zero-order valence-electron chi connectivity index (χ0n) is 65.1. The van der Waals surface area contributed by atoms with Gasteiger partial charge in [0.15, 0.2) is 0 Å². The minimum absolute atomic E-state index is 0.0882. The van der Waals surface area contributed by atoms with Gasteiger partial charge in [0.2, 0.25) is 0 Å². The summed E-state index contributed by atoms with van der Waals surface area (Å²) in [6.07, 6.45) is 1.38. The molecule has 0 radical (unpaired) electrons. The summed E-state index contributed by atoms with van der Waals surface area (Å²) in [5, 5.41) is 13.1. The summed E-state index contributed by atoms with van der Waals surface area (Å²) < 4.78 is 247. The van der Waals surface area contributed by atoms with Crippen molar-refractivity contribution in [2.45, 2.75) is 124 Å². The summed E-state index contributed by atoms with van der Waals surface area (Å²) in [5.74, 6) is -4.83. The molecule has 2 heterocycles. The maximum Gasteiger partial charge on any atom is 0.149 e. The lowest BCUT2D eigenvalue weighted by atomic mass is 9.79. The molecule has 4 nitrogen and oxygen atoms in total. The first-order valence-electron chi connectivity index (χ1n) is 34.9. The van der Waals surface area contributed by atoms with E-state index in [0.29, 0.717) is 39.4 Å². The first kappa shape index (κ1) is 22.3. The second-order valence-corrected chi connectivity index (χ2v) is 17.9. The fraction of sp³-hybridized carbons (Fsp3) is 0.311. The zero-order chi connectivity index (χ0) is 70.4. The fourth-order valence-corrected chi connectivity index (χ4v) is 7.85. The standard InChI is InChI=1S/C61H67N3O/c1-37(2)43-28-44(38(3)4)30-45(29-43)41-23-24-54(39(5)27-41)64-55-22-18-21-50(56(55)63-58(64)51-35-49(60(9,10)11)36-52(57(51)65)61(12,13)14)46-31-47(33-48(32-46)59(6,7)8)53-34-42(25-26-62-53)40-19-16-15-17-20-40/h15-38,65H,1-14H3/i5D3,9D3,10D3,11D3,12D3,13D3,14D3,15D,16D,17D,19D,20D,37D,38D. The maximum atomic E-state index is 13.1. The van der Waals surface area contributed by atoms with Gasteiger partial charge in [-0.05, 0) is 139 Å². The van der Waals surface area contributed by atoms with E-state index in [-0.39, 0.29) is 50.7 Å². The Morgan fingerprint density at radius 3 is 1.95 bits per heavy atom. The highest BCUT2D eigenvalue weighted by Crippen LogP contribution is 2.45. The number of fused-ring (bicyclic) bond motifs is 1. The van der Waals surface area contributed by atoms with Gasteiger partial charge in [0.1, 0.15) is 11.6 Å². The van der Waals surface area contributed by atoms with Gasteiger partial charge in [-0.2, -0.15) is 0 Å². The number of hydrogen-bond donors (Lipinski definition) is 1. The molecule has 6 aromatic carbocycles. The van der Waals surface area contributed by atoms with Crippen molar-refractivity contribution in [1.82, 2.24) is 14.5 Å². The lowest BCUT2D eigenvalue weighted by Gasteiger charge is -2.27. The Morgan fingerprint density at radius 2 is 1.29 bits per heavy atom. The van der Waals surface area contributed by atoms with Crippen molar-refractivity contribution in [2.75, 3.05) is 0 Å². The van der Waals surface area contributed by atoms with E-state index in [0.717, 1.165) is 4.57 Å². The molecule has 4 heteroatoms. The topological polar surface area (TPSA) is 50.9 Å². The van der Waals surface area contributed by atoms with Gasteiger partial charge in [-0.3, -0.25) is 9.55 Å². The van der Waals surface area contributed by atoms with Gasteiger partial charge in [-0.25, -0.2) is 4.98 Å². The number of rotatable bonds is 8. The van der Waals surface area contributed by atoms with Crippen molar-refractivity contribution >= 4 is 11.0 Å². The van der Waals surface area contributed by atoms with Crippen LogP contribution < -0.4 is 0 Å². The Balaban J connectivity index is 1.63. The molecular formula is C61H67N3O. The largest absolute Gasteiger partial charge is 0.507 e. The van der Waals surface area contributed by atoms with Gasteiger partial charge in [-0.15, -0.1) is 0 Å². The average molecular weight is 886 g/mol. The molecule has 8 aromatic rings. The lowest BCUT2D eigenvalue weighted by Crippen LogP contribution is -2.17. The molecule has 0 aliphatic rings. The third-order valence-electron chi connectivity index (χ3n) is 11.5. The van der Waals surface area contributed by atoms with Crippen molar-refractivity contribution < 1.29 is 43.5 Å². The normalized spacial score (nSPS) is 20.5. The van der Waals surface area contributed by atoms with E-state index in [2.05, 4.69) is 4.98 Å². The smallest absolute Gasteiger partial charge is 0.149 e. The summed E-state index contributed by atoms with van der Waals surface area (Å²) >= 11 is 0. The Hall–Kier alpha value is -6.26. The highest BCUT2D eigenvalue weighted by atomic mass is 16.3. The number of aryl methyl sites for hydroxylation is 1. The van der Waals surface area contributed by atoms with E-state index >= 15 is 0 Å². The van der Waals surface area contributed by atoms with Crippen molar-refractivity contribution in [3.63, 3.8) is 0 Å². The van der Waals surface area contributed by atoms with Crippen LogP contribution in [0.5, 0.6) is 5.75 Å². The summed E-state index contributed by atoms with van der Waals surface area (Å²) in [5.41, 5.74) is -11.0. The molecule has 0 spiro atoms. The second kappa shape index (κ2) is 16.9. The molecule has 1 N–H and O–H groups in total. The van der Waals surface area contributed by atoms with Crippen LogP contribution in [0.4, 0.5) is 0 Å². The van der Waals surface area contributed by atoms with Crippen LogP contribution in [-0.4, -0.2) is 19.6 Å². The van der Waals surface area contributed by atoms with Crippen molar-refractivity contribution in [3.8, 4) is 67.5 Å². The van der Waals surface area contributed by atoms with E-state index in [1.165, 1.54) is 48.7 Å². The van der Waals surface area contributed by atoms with Crippen LogP contribution in [0.3, 0.4) is 0 Å². The SMILES string of the molecule is [2H]c1c([2H])c([2H])c(-c2ccnc(-c3cc(-c4cccc5c4nc(-c4cc(C(C([2H])([2H])[2H])(C([2H])([2H])[2H])C([2H])([2H])[2H])cc(C(C([2H])([2H])[2H])(C([2H])([2H])[2H])C([2H])([2H])[2H])c4O)n5-c4ccc(-c5cc(C([2H])(C)C)cc(C([2H])(C)C)c5)cc4C([2H])([2H])[2H])cc(C(C)(C)C)c3)c2)c([2H])c1[2H]. The van der Waals surface area contributed by atoms with Crippen LogP contribution >= 0.6 is 0 Å². The molecule has 0 fully saturated rings. The van der Waals surface area contributed by atoms with Gasteiger partial charge in [-0.1, -0.05) is 168 Å². The fourth-order valence-electron chi connectivity index (χ4n) is 7.85. The van der Waals surface area contributed by atoms with Crippen molar-refractivity contribution in [3.05, 3.63) is 167 Å². The van der Waals surface area contributed by atoms with Crippen LogP contribution in [0, 0.1) is 6.85 Å². The van der Waals surface area contributed by atoms with Gasteiger partial charge in [0, 0.05) is 54.4 Å². The van der Waals surface area contributed by atoms with Gasteiger partial charge >= 0.3 is 0 Å². The number of aromatic hydroxyl groups is 1. The summed E-state index contributed by atoms with van der Waals surface area (Å²) in [6.45, 7) is -16.4. The number of nitrogens with zero attached hydrogens (tertiary/aromatic N) is 3. The van der Waals surface area contributed by atoms with E-state index in [4.69, 9.17) is 39.3 Å². The molecule has 0 atom stereocenters. The third kappa shape index (κ3) is 9.06. The van der Waals surface area contributed by atoms with E-state index in [9.17, 15) is 9.22 Å². The van der Waals surface area contributed by atoms with Gasteiger partial charge in [0.25, 0.3) is 0 Å². The van der Waals surface area contributed by atoms with Crippen molar-refractivity contribution in [2.24, 2.45) is 0 Å². The van der Waals surface area contributed by atoms with Crippen molar-refractivity contribution in [1.29, 1.82) is 0 Å². The Morgan fingerprint density at radius 1 is 0.615 bits per heavy atom. The van der Waals surface area contributed by atoms with E-state index in [1.807, 2.05) is 20.8 Å². The monoisotopic (exact) mass is 886 g/mol. The number of imidazole rings is 1. The zero-order valence-corrected chi connectivity index (χ0v) is 37.1. The predicted molar refractivity (Wildman–Crippen MR) is 277 cm³/mol. The van der Waals surface area contributed by atoms with Crippen LogP contribution in [0.1, 0.15) is 173 Å². The van der Waals surface area contributed by atoms with E-state index in [1.54, 1.807) is 70.2 Å². The first-order chi connectivity index (χ1) is 42.0. The molecule has 0 saturated heterocycles. The lowest BCUT2D eigenvalue weighted by molar-refractivity contribution is 0.446.